The van der Waals surface area contributed by atoms with E-state index in [1.165, 1.54) is 11.8 Å². The Kier molecular flexibility index (Phi) is 7.68. The Morgan fingerprint density at radius 2 is 1.56 bits per heavy atom. The predicted octanol–water partition coefficient (Wildman–Crippen LogP) is 4.81. The van der Waals surface area contributed by atoms with E-state index in [-0.39, 0.29) is 17.3 Å². The first kappa shape index (κ1) is 24.0. The average molecular weight is 492 g/mol. The molecular weight excluding hydrogens is 466 g/mol. The first-order valence-electron chi connectivity index (χ1n) is 11.1. The van der Waals surface area contributed by atoms with Gasteiger partial charge in [0.15, 0.2) is 0 Å². The second-order valence-electron chi connectivity index (χ2n) is 8.00. The summed E-state index contributed by atoms with van der Waals surface area (Å²) in [5, 5.41) is 12.3. The zero-order valence-corrected chi connectivity index (χ0v) is 20.2. The van der Waals surface area contributed by atoms with E-state index in [1.54, 1.807) is 46.8 Å². The largest absolute Gasteiger partial charge is 0.348 e. The number of nitrogens with zero attached hydrogens (tertiary/aromatic N) is 2. The van der Waals surface area contributed by atoms with Gasteiger partial charge >= 0.3 is 0 Å². The molecule has 4 rings (SSSR count). The molecule has 34 heavy (non-hydrogen) atoms. The van der Waals surface area contributed by atoms with Crippen LogP contribution in [0.2, 0.25) is 0 Å². The topological polar surface area (TPSA) is 90.3 Å². The zero-order valence-electron chi connectivity index (χ0n) is 18.6. The van der Waals surface area contributed by atoms with Crippen LogP contribution in [0.25, 0.3) is 0 Å². The van der Waals surface area contributed by atoms with Crippen molar-refractivity contribution in [1.29, 1.82) is 5.26 Å². The molecule has 0 aromatic heterocycles. The van der Waals surface area contributed by atoms with Gasteiger partial charge in [0.2, 0.25) is 10.0 Å². The second kappa shape index (κ2) is 10.9. The Labute approximate surface area is 204 Å². The minimum Gasteiger partial charge on any atom is -0.348 e. The molecule has 0 atom stereocenters. The van der Waals surface area contributed by atoms with E-state index in [9.17, 15) is 18.5 Å². The number of amides is 1. The molecule has 174 valence electrons. The molecule has 8 heteroatoms. The number of carbonyl (C=O) groups is 1. The molecule has 0 radical (unpaired) electrons. The number of rotatable bonds is 7. The Bertz CT molecular complexity index is 1310. The maximum absolute atomic E-state index is 12.9. The zero-order chi connectivity index (χ0) is 24.0. The molecule has 0 unspecified atom stereocenters. The smallest absolute Gasteiger partial charge is 0.252 e. The Morgan fingerprint density at radius 3 is 2.26 bits per heavy atom. The lowest BCUT2D eigenvalue weighted by Crippen LogP contribution is -2.35. The standard InChI is InChI=1S/C26H25N3O3S2/c27-18-21-8-2-4-10-24(21)33-25-11-5-3-9-23(25)26(30)28-19-20-12-14-22(15-13-20)34(31,32)29-16-6-1-7-17-29/h2-5,8-15H,1,6-7,16-17,19H2,(H,28,30). The molecule has 0 saturated carbocycles. The number of hydrogen-bond acceptors (Lipinski definition) is 5. The molecule has 1 saturated heterocycles. The molecule has 1 aliphatic rings. The molecule has 1 N–H and O–H groups in total. The van der Waals surface area contributed by atoms with E-state index in [2.05, 4.69) is 11.4 Å². The van der Waals surface area contributed by atoms with Crippen molar-refractivity contribution in [1.82, 2.24) is 9.62 Å². The fraction of sp³-hybridized carbons (Fsp3) is 0.231. The summed E-state index contributed by atoms with van der Waals surface area (Å²) >= 11 is 1.38. The summed E-state index contributed by atoms with van der Waals surface area (Å²) < 4.78 is 27.2. The van der Waals surface area contributed by atoms with E-state index in [4.69, 9.17) is 0 Å². The molecule has 1 aliphatic heterocycles. The summed E-state index contributed by atoms with van der Waals surface area (Å²) in [5.74, 6) is -0.234. The number of benzene rings is 3. The van der Waals surface area contributed by atoms with Crippen LogP contribution in [0.1, 0.15) is 40.7 Å². The summed E-state index contributed by atoms with van der Waals surface area (Å²) in [6, 6.07) is 23.4. The number of nitrogens with one attached hydrogen (secondary N) is 1. The van der Waals surface area contributed by atoms with Crippen LogP contribution in [0, 0.1) is 11.3 Å². The summed E-state index contributed by atoms with van der Waals surface area (Å²) in [6.07, 6.45) is 2.85. The van der Waals surface area contributed by atoms with Crippen molar-refractivity contribution in [2.75, 3.05) is 13.1 Å². The van der Waals surface area contributed by atoms with Crippen LogP contribution in [0.4, 0.5) is 0 Å². The van der Waals surface area contributed by atoms with Gasteiger partial charge in [-0.25, -0.2) is 8.42 Å². The summed E-state index contributed by atoms with van der Waals surface area (Å²) in [5.41, 5.74) is 1.89. The first-order chi connectivity index (χ1) is 16.5. The highest BCUT2D eigenvalue weighted by atomic mass is 32.2. The molecule has 1 fully saturated rings. The maximum Gasteiger partial charge on any atom is 0.252 e. The van der Waals surface area contributed by atoms with Crippen LogP contribution in [0.3, 0.4) is 0 Å². The van der Waals surface area contributed by atoms with Crippen LogP contribution in [-0.4, -0.2) is 31.7 Å². The molecular formula is C26H25N3O3S2. The normalized spacial score (nSPS) is 14.3. The van der Waals surface area contributed by atoms with E-state index in [0.717, 1.165) is 34.6 Å². The summed E-state index contributed by atoms with van der Waals surface area (Å²) in [7, 11) is -3.47. The third-order valence-electron chi connectivity index (χ3n) is 5.69. The molecule has 1 amide bonds. The van der Waals surface area contributed by atoms with Crippen molar-refractivity contribution in [3.05, 3.63) is 89.5 Å². The van der Waals surface area contributed by atoms with Gasteiger partial charge in [0.25, 0.3) is 5.91 Å². The third-order valence-corrected chi connectivity index (χ3v) is 8.75. The van der Waals surface area contributed by atoms with Crippen molar-refractivity contribution < 1.29 is 13.2 Å². The summed E-state index contributed by atoms with van der Waals surface area (Å²) in [4.78, 5) is 14.7. The molecule has 0 aliphatic carbocycles. The predicted molar refractivity (Wildman–Crippen MR) is 132 cm³/mol. The minimum atomic E-state index is -3.47. The SMILES string of the molecule is N#Cc1ccccc1Sc1ccccc1C(=O)NCc1ccc(S(=O)(=O)N2CCCCC2)cc1. The number of carbonyl (C=O) groups excluding carboxylic acids is 1. The molecule has 0 spiro atoms. The van der Waals surface area contributed by atoms with Gasteiger partial charge in [-0.1, -0.05) is 54.6 Å². The van der Waals surface area contributed by atoms with Crippen molar-refractivity contribution in [2.24, 2.45) is 0 Å². The van der Waals surface area contributed by atoms with Gasteiger partial charge < -0.3 is 5.32 Å². The first-order valence-corrected chi connectivity index (χ1v) is 13.4. The van der Waals surface area contributed by atoms with Gasteiger partial charge in [0, 0.05) is 29.4 Å². The van der Waals surface area contributed by atoms with Gasteiger partial charge in [-0.3, -0.25) is 4.79 Å². The Balaban J connectivity index is 1.43. The lowest BCUT2D eigenvalue weighted by Gasteiger charge is -2.25. The maximum atomic E-state index is 12.9. The van der Waals surface area contributed by atoms with Gasteiger partial charge in [0.1, 0.15) is 6.07 Å². The van der Waals surface area contributed by atoms with Crippen LogP contribution >= 0.6 is 11.8 Å². The summed E-state index contributed by atoms with van der Waals surface area (Å²) in [6.45, 7) is 1.41. The van der Waals surface area contributed by atoms with Gasteiger partial charge in [0.05, 0.1) is 16.0 Å². The Morgan fingerprint density at radius 1 is 0.912 bits per heavy atom. The molecule has 1 heterocycles. The third kappa shape index (κ3) is 5.50. The molecule has 0 bridgehead atoms. The number of hydrogen-bond donors (Lipinski definition) is 1. The van der Waals surface area contributed by atoms with Gasteiger partial charge in [-0.05, 0) is 54.8 Å². The van der Waals surface area contributed by atoms with Crippen molar-refractivity contribution >= 4 is 27.7 Å². The monoisotopic (exact) mass is 491 g/mol. The van der Waals surface area contributed by atoms with E-state index < -0.39 is 10.0 Å². The lowest BCUT2D eigenvalue weighted by atomic mass is 10.2. The van der Waals surface area contributed by atoms with Crippen LogP contribution in [0.15, 0.2) is 87.5 Å². The number of nitriles is 1. The number of sulfonamides is 1. The fourth-order valence-corrected chi connectivity index (χ4v) is 6.36. The molecule has 3 aromatic rings. The van der Waals surface area contributed by atoms with Crippen molar-refractivity contribution in [2.45, 2.75) is 40.5 Å². The fourth-order valence-electron chi connectivity index (χ4n) is 3.82. The highest BCUT2D eigenvalue weighted by molar-refractivity contribution is 7.99. The number of piperidine rings is 1. The van der Waals surface area contributed by atoms with E-state index in [0.29, 0.717) is 24.2 Å². The molecule has 6 nitrogen and oxygen atoms in total. The lowest BCUT2D eigenvalue weighted by molar-refractivity contribution is 0.0948. The molecule has 3 aromatic carbocycles. The van der Waals surface area contributed by atoms with Crippen LogP contribution in [0.5, 0.6) is 0 Å². The van der Waals surface area contributed by atoms with E-state index in [1.807, 2.05) is 30.3 Å². The van der Waals surface area contributed by atoms with Crippen LogP contribution < -0.4 is 5.32 Å². The van der Waals surface area contributed by atoms with Crippen molar-refractivity contribution in [3.63, 3.8) is 0 Å². The van der Waals surface area contributed by atoms with Crippen LogP contribution in [-0.2, 0) is 16.6 Å². The minimum absolute atomic E-state index is 0.234. The van der Waals surface area contributed by atoms with E-state index >= 15 is 0 Å². The Hall–Kier alpha value is -3.12. The highest BCUT2D eigenvalue weighted by Gasteiger charge is 2.25. The van der Waals surface area contributed by atoms with Gasteiger partial charge in [-0.2, -0.15) is 9.57 Å². The average Bonchev–Trinajstić information content (AvgIpc) is 2.88. The van der Waals surface area contributed by atoms with Gasteiger partial charge in [-0.15, -0.1) is 0 Å². The second-order valence-corrected chi connectivity index (χ2v) is 11.0. The highest BCUT2D eigenvalue weighted by Crippen LogP contribution is 2.32. The quantitative estimate of drug-likeness (QED) is 0.512. The van der Waals surface area contributed by atoms with Crippen molar-refractivity contribution in [3.8, 4) is 6.07 Å².